The third kappa shape index (κ3) is 2.47. The van der Waals surface area contributed by atoms with Crippen LogP contribution in [-0.2, 0) is 12.0 Å². The lowest BCUT2D eigenvalue weighted by atomic mass is 9.69. The lowest BCUT2D eigenvalue weighted by Gasteiger charge is -2.35. The van der Waals surface area contributed by atoms with E-state index < -0.39 is 11.5 Å². The van der Waals surface area contributed by atoms with Gasteiger partial charge in [0.25, 0.3) is 0 Å². The molecule has 6 nitrogen and oxygen atoms in total. The van der Waals surface area contributed by atoms with Gasteiger partial charge in [-0.1, -0.05) is 18.2 Å². The zero-order valence-corrected chi connectivity index (χ0v) is 14.5. The number of carbonyl (C=O) groups excluding carboxylic acids is 1. The second kappa shape index (κ2) is 5.66. The zero-order valence-electron chi connectivity index (χ0n) is 14.5. The minimum atomic E-state index is -0.542. The monoisotopic (exact) mass is 344 g/mol. The fourth-order valence-corrected chi connectivity index (χ4v) is 4.30. The molecule has 0 fully saturated rings. The Morgan fingerprint density at radius 2 is 2.24 bits per heavy atom. The van der Waals surface area contributed by atoms with E-state index in [1.54, 1.807) is 6.07 Å². The Kier molecular flexibility index (Phi) is 3.68. The standard InChI is InChI=1S/C19H24N2O4/c1-11(2)20-18(24)21-8-7-19-6-5-13(22)9-15(19)25-17-14(23)4-3-12(10-21)16(17)19/h3-6,11,13,15,22-23H,7-10H2,1-2H3,(H,20,24)/t13-,15?,19?/m0/s1. The van der Waals surface area contributed by atoms with Crippen LogP contribution in [0.3, 0.4) is 0 Å². The summed E-state index contributed by atoms with van der Waals surface area (Å²) < 4.78 is 6.06. The molecule has 1 aliphatic carbocycles. The number of phenolic OH excluding ortho intramolecular Hbond substituents is 1. The third-order valence-electron chi connectivity index (χ3n) is 5.45. The number of nitrogens with zero attached hydrogens (tertiary/aromatic N) is 1. The van der Waals surface area contributed by atoms with Crippen molar-refractivity contribution < 1.29 is 19.7 Å². The minimum absolute atomic E-state index is 0.0771. The summed E-state index contributed by atoms with van der Waals surface area (Å²) in [4.78, 5) is 14.3. The molecule has 1 spiro atoms. The Balaban J connectivity index is 1.78. The van der Waals surface area contributed by atoms with Gasteiger partial charge in [0.2, 0.25) is 0 Å². The number of urea groups is 1. The SMILES string of the molecule is CC(C)NC(=O)N1CCC23C=C[C@H](O)CC2Oc2c(O)ccc(c23)C1. The van der Waals surface area contributed by atoms with Crippen LogP contribution in [0.2, 0.25) is 0 Å². The molecule has 0 aromatic heterocycles. The van der Waals surface area contributed by atoms with Crippen molar-refractivity contribution in [2.75, 3.05) is 6.54 Å². The van der Waals surface area contributed by atoms with E-state index in [2.05, 4.69) is 5.32 Å². The van der Waals surface area contributed by atoms with Gasteiger partial charge < -0.3 is 25.2 Å². The number of benzene rings is 1. The van der Waals surface area contributed by atoms with Crippen LogP contribution in [-0.4, -0.2) is 45.9 Å². The largest absolute Gasteiger partial charge is 0.504 e. The van der Waals surface area contributed by atoms with Gasteiger partial charge in [0.05, 0.1) is 11.5 Å². The first kappa shape index (κ1) is 16.3. The number of hydrogen-bond donors (Lipinski definition) is 3. The van der Waals surface area contributed by atoms with Crippen molar-refractivity contribution in [1.82, 2.24) is 10.2 Å². The summed E-state index contributed by atoms with van der Waals surface area (Å²) in [5.74, 6) is 0.628. The average molecular weight is 344 g/mol. The molecule has 2 heterocycles. The summed E-state index contributed by atoms with van der Waals surface area (Å²) in [7, 11) is 0. The molecule has 25 heavy (non-hydrogen) atoms. The molecule has 2 aliphatic heterocycles. The second-order valence-corrected chi connectivity index (χ2v) is 7.53. The molecule has 134 valence electrons. The molecular weight excluding hydrogens is 320 g/mol. The van der Waals surface area contributed by atoms with Crippen LogP contribution >= 0.6 is 0 Å². The van der Waals surface area contributed by atoms with E-state index in [-0.39, 0.29) is 23.9 Å². The molecule has 3 atom stereocenters. The van der Waals surface area contributed by atoms with Crippen LogP contribution in [0, 0.1) is 0 Å². The number of aliphatic hydroxyl groups excluding tert-OH is 1. The van der Waals surface area contributed by atoms with Crippen molar-refractivity contribution >= 4 is 6.03 Å². The molecule has 2 unspecified atom stereocenters. The van der Waals surface area contributed by atoms with Crippen molar-refractivity contribution in [3.8, 4) is 11.5 Å². The quantitative estimate of drug-likeness (QED) is 0.681. The van der Waals surface area contributed by atoms with E-state index in [1.165, 1.54) is 0 Å². The number of carbonyl (C=O) groups is 1. The van der Waals surface area contributed by atoms with Crippen LogP contribution in [0.15, 0.2) is 24.3 Å². The molecule has 1 aromatic carbocycles. The third-order valence-corrected chi connectivity index (χ3v) is 5.45. The smallest absolute Gasteiger partial charge is 0.317 e. The maximum Gasteiger partial charge on any atom is 0.317 e. The fourth-order valence-electron chi connectivity index (χ4n) is 4.30. The predicted molar refractivity (Wildman–Crippen MR) is 92.7 cm³/mol. The van der Waals surface area contributed by atoms with Crippen molar-refractivity contribution in [3.63, 3.8) is 0 Å². The van der Waals surface area contributed by atoms with Crippen LogP contribution in [0.1, 0.15) is 37.8 Å². The molecule has 0 saturated heterocycles. The first-order valence-electron chi connectivity index (χ1n) is 8.85. The Hall–Kier alpha value is -2.21. The van der Waals surface area contributed by atoms with Gasteiger partial charge in [-0.25, -0.2) is 4.79 Å². The number of aromatic hydroxyl groups is 1. The molecule has 3 aliphatic rings. The minimum Gasteiger partial charge on any atom is -0.504 e. The van der Waals surface area contributed by atoms with E-state index in [9.17, 15) is 15.0 Å². The van der Waals surface area contributed by atoms with Gasteiger partial charge in [-0.2, -0.15) is 0 Å². The molecule has 0 saturated carbocycles. The molecule has 3 N–H and O–H groups in total. The number of ether oxygens (including phenoxy) is 1. The summed E-state index contributed by atoms with van der Waals surface area (Å²) in [5.41, 5.74) is 1.57. The van der Waals surface area contributed by atoms with Gasteiger partial charge in [0.1, 0.15) is 6.10 Å². The average Bonchev–Trinajstić information content (AvgIpc) is 2.78. The maximum absolute atomic E-state index is 12.5. The van der Waals surface area contributed by atoms with Gasteiger partial charge in [0, 0.05) is 31.1 Å². The molecule has 1 aromatic rings. The van der Waals surface area contributed by atoms with E-state index in [4.69, 9.17) is 4.74 Å². The number of rotatable bonds is 1. The van der Waals surface area contributed by atoms with Crippen LogP contribution in [0.25, 0.3) is 0 Å². The van der Waals surface area contributed by atoms with Gasteiger partial charge in [-0.15, -0.1) is 0 Å². The van der Waals surface area contributed by atoms with Crippen LogP contribution in [0.5, 0.6) is 11.5 Å². The Bertz CT molecular complexity index is 745. The van der Waals surface area contributed by atoms with E-state index in [0.29, 0.717) is 31.7 Å². The number of phenols is 1. The summed E-state index contributed by atoms with van der Waals surface area (Å²) in [6, 6.07) is 3.50. The first-order valence-corrected chi connectivity index (χ1v) is 8.85. The highest BCUT2D eigenvalue weighted by atomic mass is 16.5. The van der Waals surface area contributed by atoms with E-state index >= 15 is 0 Å². The Morgan fingerprint density at radius 1 is 1.44 bits per heavy atom. The van der Waals surface area contributed by atoms with Gasteiger partial charge >= 0.3 is 6.03 Å². The highest BCUT2D eigenvalue weighted by Gasteiger charge is 2.53. The summed E-state index contributed by atoms with van der Waals surface area (Å²) in [6.45, 7) is 4.96. The number of amides is 2. The molecule has 0 radical (unpaired) electrons. The van der Waals surface area contributed by atoms with Gasteiger partial charge in [-0.05, 0) is 31.9 Å². The van der Waals surface area contributed by atoms with Crippen molar-refractivity contribution in [1.29, 1.82) is 0 Å². The highest BCUT2D eigenvalue weighted by molar-refractivity contribution is 5.75. The van der Waals surface area contributed by atoms with Crippen LogP contribution < -0.4 is 10.1 Å². The number of aliphatic hydroxyl groups is 1. The van der Waals surface area contributed by atoms with Crippen LogP contribution in [0.4, 0.5) is 4.79 Å². The number of nitrogens with one attached hydrogen (secondary N) is 1. The van der Waals surface area contributed by atoms with E-state index in [0.717, 1.165) is 11.1 Å². The fraction of sp³-hybridized carbons (Fsp3) is 0.526. The summed E-state index contributed by atoms with van der Waals surface area (Å²) in [5, 5.41) is 23.2. The Labute approximate surface area is 147 Å². The normalized spacial score (nSPS) is 29.7. The van der Waals surface area contributed by atoms with Gasteiger partial charge in [-0.3, -0.25) is 0 Å². The molecular formula is C19H24N2O4. The summed E-state index contributed by atoms with van der Waals surface area (Å²) >= 11 is 0. The predicted octanol–water partition coefficient (Wildman–Crippen LogP) is 2.04. The van der Waals surface area contributed by atoms with Gasteiger partial charge in [0.15, 0.2) is 11.5 Å². The molecule has 0 bridgehead atoms. The highest BCUT2D eigenvalue weighted by Crippen LogP contribution is 2.55. The second-order valence-electron chi connectivity index (χ2n) is 7.53. The van der Waals surface area contributed by atoms with Crippen molar-refractivity contribution in [2.45, 2.75) is 56.9 Å². The Morgan fingerprint density at radius 3 is 3.00 bits per heavy atom. The van der Waals surface area contributed by atoms with E-state index in [1.807, 2.05) is 37.0 Å². The first-order chi connectivity index (χ1) is 11.9. The molecule has 6 heteroatoms. The lowest BCUT2D eigenvalue weighted by molar-refractivity contribution is 0.0821. The topological polar surface area (TPSA) is 82.0 Å². The molecule has 2 amide bonds. The lowest BCUT2D eigenvalue weighted by Crippen LogP contribution is -2.45. The summed E-state index contributed by atoms with van der Waals surface area (Å²) in [6.07, 6.45) is 4.26. The van der Waals surface area contributed by atoms with Crippen molar-refractivity contribution in [3.05, 3.63) is 35.4 Å². The van der Waals surface area contributed by atoms with Crippen molar-refractivity contribution in [2.24, 2.45) is 0 Å². The number of hydrogen-bond acceptors (Lipinski definition) is 4. The maximum atomic E-state index is 12.5. The molecule has 4 rings (SSSR count). The zero-order chi connectivity index (χ0) is 17.8.